The van der Waals surface area contributed by atoms with Gasteiger partial charge in [-0.1, -0.05) is 19.8 Å². The molecule has 0 aliphatic carbocycles. The van der Waals surface area contributed by atoms with Crippen molar-refractivity contribution in [2.24, 2.45) is 11.7 Å². The summed E-state index contributed by atoms with van der Waals surface area (Å²) in [5, 5.41) is 0. The second kappa shape index (κ2) is 7.72. The van der Waals surface area contributed by atoms with Gasteiger partial charge in [-0.3, -0.25) is 19.1 Å². The quantitative estimate of drug-likeness (QED) is 0.425. The van der Waals surface area contributed by atoms with Crippen molar-refractivity contribution in [3.63, 3.8) is 0 Å². The van der Waals surface area contributed by atoms with Crippen molar-refractivity contribution in [1.82, 2.24) is 9.55 Å². The molecule has 26 heavy (non-hydrogen) atoms. The molecule has 1 aliphatic rings. The molecule has 0 fully saturated rings. The Labute approximate surface area is 151 Å². The molecular weight excluding hydrogens is 338 g/mol. The van der Waals surface area contributed by atoms with Crippen LogP contribution < -0.4 is 17.0 Å². The fourth-order valence-corrected chi connectivity index (χ4v) is 2.55. The Morgan fingerprint density at radius 3 is 2.85 bits per heavy atom. The minimum atomic E-state index is -1.30. The largest absolute Gasteiger partial charge is 0.460 e. The molecule has 0 bridgehead atoms. The number of nitrogens with zero attached hydrogens (tertiary/aromatic N) is 1. The number of hydrogen-bond donors (Lipinski definition) is 2. The smallest absolute Gasteiger partial charge is 0.330 e. The first-order valence-corrected chi connectivity index (χ1v) is 8.26. The first kappa shape index (κ1) is 19.7. The molecule has 0 aromatic carbocycles. The number of aromatic amines is 1. The number of esters is 1. The van der Waals surface area contributed by atoms with E-state index in [1.54, 1.807) is 19.1 Å². The van der Waals surface area contributed by atoms with Gasteiger partial charge in [0.05, 0.1) is 0 Å². The maximum Gasteiger partial charge on any atom is 0.330 e. The van der Waals surface area contributed by atoms with Crippen LogP contribution in [0.1, 0.15) is 32.1 Å². The number of aryl methyl sites for hydroxylation is 1. The van der Waals surface area contributed by atoms with Crippen molar-refractivity contribution < 1.29 is 14.3 Å². The second-order valence-electron chi connectivity index (χ2n) is 6.72. The number of nitrogens with two attached hydrogens (primary N) is 1. The average molecular weight is 361 g/mol. The number of nitrogens with one attached hydrogen (secondary N) is 1. The number of aromatic nitrogens is 2. The summed E-state index contributed by atoms with van der Waals surface area (Å²) < 4.78 is 12.2. The van der Waals surface area contributed by atoms with Crippen LogP contribution in [0.4, 0.5) is 0 Å². The summed E-state index contributed by atoms with van der Waals surface area (Å²) in [4.78, 5) is 37.6. The monoisotopic (exact) mass is 361 g/mol. The van der Waals surface area contributed by atoms with Gasteiger partial charge in [-0.05, 0) is 31.4 Å². The lowest BCUT2D eigenvalue weighted by atomic mass is 10.0. The van der Waals surface area contributed by atoms with E-state index in [1.807, 2.05) is 13.8 Å². The van der Waals surface area contributed by atoms with Gasteiger partial charge in [0, 0.05) is 11.8 Å². The molecule has 3 atom stereocenters. The Hall–Kier alpha value is -2.63. The van der Waals surface area contributed by atoms with E-state index in [9.17, 15) is 14.4 Å². The maximum atomic E-state index is 12.0. The number of H-pyrrole nitrogens is 1. The van der Waals surface area contributed by atoms with Crippen LogP contribution in [0.5, 0.6) is 0 Å². The molecule has 2 heterocycles. The van der Waals surface area contributed by atoms with Gasteiger partial charge in [-0.15, -0.1) is 6.42 Å². The Bertz CT molecular complexity index is 861. The number of terminal acetylenes is 1. The highest BCUT2D eigenvalue weighted by atomic mass is 16.6. The Morgan fingerprint density at radius 1 is 1.54 bits per heavy atom. The van der Waals surface area contributed by atoms with E-state index in [4.69, 9.17) is 21.6 Å². The summed E-state index contributed by atoms with van der Waals surface area (Å²) >= 11 is 0. The van der Waals surface area contributed by atoms with Crippen LogP contribution in [0.3, 0.4) is 0 Å². The number of hydrogen-bond acceptors (Lipinski definition) is 6. The highest BCUT2D eigenvalue weighted by molar-refractivity contribution is 5.75. The van der Waals surface area contributed by atoms with Crippen LogP contribution in [-0.2, 0) is 14.3 Å². The van der Waals surface area contributed by atoms with Crippen LogP contribution in [-0.4, -0.2) is 33.8 Å². The van der Waals surface area contributed by atoms with E-state index >= 15 is 0 Å². The molecule has 3 N–H and O–H groups in total. The highest BCUT2D eigenvalue weighted by Crippen LogP contribution is 2.29. The fourth-order valence-electron chi connectivity index (χ4n) is 2.55. The Balaban J connectivity index is 2.09. The van der Waals surface area contributed by atoms with Gasteiger partial charge in [-0.2, -0.15) is 0 Å². The van der Waals surface area contributed by atoms with Crippen molar-refractivity contribution in [3.05, 3.63) is 44.8 Å². The standard InChI is InChI=1S/C18H23N3O5/c1-5-18(10-25-16(23)13(19)8-11(2)3)7-6-14(26-18)21-9-12(4)15(22)20-17(21)24/h1,6-7,9,11,13-14H,8,10,19H2,2-4H3,(H,20,22,24)/t13-,14+,18-/m0/s1. The lowest BCUT2D eigenvalue weighted by molar-refractivity contribution is -0.152. The van der Waals surface area contributed by atoms with Gasteiger partial charge in [0.25, 0.3) is 5.56 Å². The first-order valence-electron chi connectivity index (χ1n) is 8.26. The molecule has 0 amide bonds. The van der Waals surface area contributed by atoms with E-state index in [1.165, 1.54) is 10.8 Å². The molecule has 140 valence electrons. The molecule has 0 spiro atoms. The Morgan fingerprint density at radius 2 is 2.23 bits per heavy atom. The number of ether oxygens (including phenoxy) is 2. The van der Waals surface area contributed by atoms with Crippen molar-refractivity contribution >= 4 is 5.97 Å². The third-order valence-electron chi connectivity index (χ3n) is 3.98. The minimum Gasteiger partial charge on any atom is -0.460 e. The van der Waals surface area contributed by atoms with E-state index in [-0.39, 0.29) is 12.5 Å². The molecule has 8 nitrogen and oxygen atoms in total. The lowest BCUT2D eigenvalue weighted by Crippen LogP contribution is -2.40. The fraction of sp³-hybridized carbons (Fsp3) is 0.500. The van der Waals surface area contributed by atoms with Gasteiger partial charge < -0.3 is 15.2 Å². The molecule has 2 rings (SSSR count). The minimum absolute atomic E-state index is 0.224. The molecule has 0 radical (unpaired) electrons. The highest BCUT2D eigenvalue weighted by Gasteiger charge is 2.37. The molecular formula is C18H23N3O5. The molecule has 0 saturated carbocycles. The average Bonchev–Trinajstić information content (AvgIpc) is 3.00. The van der Waals surface area contributed by atoms with Crippen molar-refractivity contribution in [1.29, 1.82) is 0 Å². The van der Waals surface area contributed by atoms with Crippen LogP contribution in [0.15, 0.2) is 27.9 Å². The molecule has 1 aromatic rings. The Kier molecular flexibility index (Phi) is 5.85. The predicted molar refractivity (Wildman–Crippen MR) is 95.3 cm³/mol. The van der Waals surface area contributed by atoms with Gasteiger partial charge in [0.15, 0.2) is 11.8 Å². The molecule has 0 unspecified atom stereocenters. The van der Waals surface area contributed by atoms with Crippen LogP contribution >= 0.6 is 0 Å². The summed E-state index contributed by atoms with van der Waals surface area (Å²) in [7, 11) is 0. The third kappa shape index (κ3) is 4.31. The SMILES string of the molecule is C#C[C@@]1(COC(=O)[C@@H](N)CC(C)C)C=C[C@H](n2cc(C)c(=O)[nH]c2=O)O1. The number of carbonyl (C=O) groups is 1. The normalized spacial score (nSPS) is 23.0. The zero-order chi connectivity index (χ0) is 19.5. The van der Waals surface area contributed by atoms with Gasteiger partial charge >= 0.3 is 11.7 Å². The topological polar surface area (TPSA) is 116 Å². The molecule has 8 heteroatoms. The molecule has 0 saturated heterocycles. The summed E-state index contributed by atoms with van der Waals surface area (Å²) in [6.45, 7) is 5.25. The van der Waals surface area contributed by atoms with E-state index in [2.05, 4.69) is 10.9 Å². The van der Waals surface area contributed by atoms with Crippen LogP contribution in [0, 0.1) is 25.2 Å². The maximum absolute atomic E-state index is 12.0. The number of rotatable bonds is 6. The zero-order valence-corrected chi connectivity index (χ0v) is 15.0. The van der Waals surface area contributed by atoms with Gasteiger partial charge in [0.1, 0.15) is 12.6 Å². The van der Waals surface area contributed by atoms with E-state index in [0.29, 0.717) is 12.0 Å². The zero-order valence-electron chi connectivity index (χ0n) is 15.0. The summed E-state index contributed by atoms with van der Waals surface area (Å²) in [6.07, 6.45) is 9.72. The number of carbonyl (C=O) groups excluding carboxylic acids is 1. The summed E-state index contributed by atoms with van der Waals surface area (Å²) in [5.74, 6) is 2.13. The van der Waals surface area contributed by atoms with Crippen LogP contribution in [0.25, 0.3) is 0 Å². The summed E-state index contributed by atoms with van der Waals surface area (Å²) in [6, 6.07) is -0.740. The molecule has 1 aromatic heterocycles. The second-order valence-corrected chi connectivity index (χ2v) is 6.72. The first-order chi connectivity index (χ1) is 12.2. The van der Waals surface area contributed by atoms with Gasteiger partial charge in [-0.25, -0.2) is 4.79 Å². The lowest BCUT2D eigenvalue weighted by Gasteiger charge is -2.24. The third-order valence-corrected chi connectivity index (χ3v) is 3.98. The predicted octanol–water partition coefficient (Wildman–Crippen LogP) is 0.219. The van der Waals surface area contributed by atoms with Crippen LogP contribution in [0.2, 0.25) is 0 Å². The van der Waals surface area contributed by atoms with E-state index < -0.39 is 35.1 Å². The molecule has 1 aliphatic heterocycles. The van der Waals surface area contributed by atoms with E-state index in [0.717, 1.165) is 0 Å². The van der Waals surface area contributed by atoms with Crippen molar-refractivity contribution in [3.8, 4) is 12.3 Å². The van der Waals surface area contributed by atoms with Crippen molar-refractivity contribution in [2.75, 3.05) is 6.61 Å². The van der Waals surface area contributed by atoms with Crippen molar-refractivity contribution in [2.45, 2.75) is 45.1 Å². The van der Waals surface area contributed by atoms with Gasteiger partial charge in [0.2, 0.25) is 0 Å². The summed E-state index contributed by atoms with van der Waals surface area (Å²) in [5.41, 5.74) is 3.75.